The molecule has 0 radical (unpaired) electrons. The fourth-order valence-corrected chi connectivity index (χ4v) is 3.99. The van der Waals surface area contributed by atoms with Gasteiger partial charge in [-0.05, 0) is 24.3 Å². The molecule has 0 spiro atoms. The first-order valence-electron chi connectivity index (χ1n) is 10.3. The van der Waals surface area contributed by atoms with Crippen molar-refractivity contribution in [1.82, 2.24) is 14.8 Å². The van der Waals surface area contributed by atoms with Gasteiger partial charge in [-0.2, -0.15) is 0 Å². The molecule has 1 amide bonds. The number of hydrogen-bond acceptors (Lipinski definition) is 6. The average Bonchev–Trinajstić information content (AvgIpc) is 2.80. The second-order valence-corrected chi connectivity index (χ2v) is 7.52. The predicted molar refractivity (Wildman–Crippen MR) is 115 cm³/mol. The number of ether oxygens (including phenoxy) is 1. The SMILES string of the molecule is COc1cccc(N2CCN(CC(=O)N3CCN(c4ccccn4)CC3)CC2)c1. The molecule has 1 aromatic heterocycles. The maximum atomic E-state index is 12.8. The molecule has 2 saturated heterocycles. The molecule has 4 rings (SSSR count). The monoisotopic (exact) mass is 395 g/mol. The highest BCUT2D eigenvalue weighted by molar-refractivity contribution is 5.78. The molecule has 0 saturated carbocycles. The fraction of sp³-hybridized carbons (Fsp3) is 0.455. The first-order chi connectivity index (χ1) is 14.2. The molecule has 154 valence electrons. The van der Waals surface area contributed by atoms with E-state index in [-0.39, 0.29) is 5.91 Å². The van der Waals surface area contributed by atoms with Crippen molar-refractivity contribution >= 4 is 17.4 Å². The molecule has 0 aliphatic carbocycles. The second kappa shape index (κ2) is 9.13. The average molecular weight is 396 g/mol. The minimum absolute atomic E-state index is 0.237. The van der Waals surface area contributed by atoms with Gasteiger partial charge in [-0.1, -0.05) is 12.1 Å². The van der Waals surface area contributed by atoms with Crippen LogP contribution in [0.2, 0.25) is 0 Å². The Bertz CT molecular complexity index is 800. The van der Waals surface area contributed by atoms with E-state index in [9.17, 15) is 4.79 Å². The number of hydrogen-bond donors (Lipinski definition) is 0. The number of pyridine rings is 1. The first-order valence-corrected chi connectivity index (χ1v) is 10.3. The molecule has 0 bridgehead atoms. The van der Waals surface area contributed by atoms with E-state index >= 15 is 0 Å². The van der Waals surface area contributed by atoms with E-state index in [0.29, 0.717) is 6.54 Å². The number of rotatable bonds is 5. The Morgan fingerprint density at radius 2 is 1.69 bits per heavy atom. The van der Waals surface area contributed by atoms with E-state index in [2.05, 4.69) is 31.8 Å². The molecule has 7 heteroatoms. The number of nitrogens with zero attached hydrogens (tertiary/aromatic N) is 5. The number of aromatic nitrogens is 1. The molecule has 3 heterocycles. The highest BCUT2D eigenvalue weighted by atomic mass is 16.5. The van der Waals surface area contributed by atoms with E-state index in [1.54, 1.807) is 7.11 Å². The Balaban J connectivity index is 1.23. The highest BCUT2D eigenvalue weighted by Gasteiger charge is 2.25. The maximum Gasteiger partial charge on any atom is 0.236 e. The van der Waals surface area contributed by atoms with Gasteiger partial charge in [0, 0.05) is 70.3 Å². The van der Waals surface area contributed by atoms with Crippen LogP contribution in [-0.4, -0.2) is 86.7 Å². The number of methoxy groups -OCH3 is 1. The van der Waals surface area contributed by atoms with Crippen LogP contribution >= 0.6 is 0 Å². The van der Waals surface area contributed by atoms with Crippen LogP contribution in [0, 0.1) is 0 Å². The lowest BCUT2D eigenvalue weighted by atomic mass is 10.2. The summed E-state index contributed by atoms with van der Waals surface area (Å²) in [6.45, 7) is 7.36. The molecular formula is C22H29N5O2. The van der Waals surface area contributed by atoms with Crippen LogP contribution in [0.4, 0.5) is 11.5 Å². The van der Waals surface area contributed by atoms with Crippen molar-refractivity contribution in [3.63, 3.8) is 0 Å². The zero-order valence-corrected chi connectivity index (χ0v) is 17.0. The maximum absolute atomic E-state index is 12.8. The summed E-state index contributed by atoms with van der Waals surface area (Å²) >= 11 is 0. The summed E-state index contributed by atoms with van der Waals surface area (Å²) in [7, 11) is 1.69. The number of piperazine rings is 2. The quantitative estimate of drug-likeness (QED) is 0.766. The summed E-state index contributed by atoms with van der Waals surface area (Å²) in [5, 5.41) is 0. The molecule has 1 aromatic carbocycles. The lowest BCUT2D eigenvalue weighted by molar-refractivity contribution is -0.132. The first kappa shape index (κ1) is 19.5. The minimum Gasteiger partial charge on any atom is -0.497 e. The van der Waals surface area contributed by atoms with Crippen LogP contribution in [0.15, 0.2) is 48.7 Å². The lowest BCUT2D eigenvalue weighted by Gasteiger charge is -2.38. The van der Waals surface area contributed by atoms with Gasteiger partial charge in [0.25, 0.3) is 0 Å². The predicted octanol–water partition coefficient (Wildman–Crippen LogP) is 1.56. The molecule has 2 aliphatic heterocycles. The topological polar surface area (TPSA) is 52.2 Å². The Labute approximate surface area is 172 Å². The summed E-state index contributed by atoms with van der Waals surface area (Å²) in [6, 6.07) is 14.1. The summed E-state index contributed by atoms with van der Waals surface area (Å²) < 4.78 is 5.33. The summed E-state index contributed by atoms with van der Waals surface area (Å²) in [6.07, 6.45) is 1.82. The smallest absolute Gasteiger partial charge is 0.236 e. The van der Waals surface area contributed by atoms with Crippen LogP contribution in [0.5, 0.6) is 5.75 Å². The van der Waals surface area contributed by atoms with Gasteiger partial charge < -0.3 is 19.4 Å². The Kier molecular flexibility index (Phi) is 6.14. The van der Waals surface area contributed by atoms with Gasteiger partial charge in [0.05, 0.1) is 13.7 Å². The van der Waals surface area contributed by atoms with Crippen molar-refractivity contribution in [2.45, 2.75) is 0 Å². The van der Waals surface area contributed by atoms with E-state index in [1.165, 1.54) is 5.69 Å². The van der Waals surface area contributed by atoms with Crippen LogP contribution in [-0.2, 0) is 4.79 Å². The zero-order chi connectivity index (χ0) is 20.1. The van der Waals surface area contributed by atoms with E-state index in [4.69, 9.17) is 4.74 Å². The Hall–Kier alpha value is -2.80. The van der Waals surface area contributed by atoms with Crippen LogP contribution < -0.4 is 14.5 Å². The Morgan fingerprint density at radius 3 is 2.38 bits per heavy atom. The van der Waals surface area contributed by atoms with Gasteiger partial charge in [0.15, 0.2) is 0 Å². The van der Waals surface area contributed by atoms with E-state index in [1.807, 2.05) is 41.4 Å². The summed E-state index contributed by atoms with van der Waals surface area (Å²) in [4.78, 5) is 26.0. The molecule has 0 unspecified atom stereocenters. The molecule has 7 nitrogen and oxygen atoms in total. The van der Waals surface area contributed by atoms with Gasteiger partial charge in [-0.3, -0.25) is 9.69 Å². The van der Waals surface area contributed by atoms with Crippen LogP contribution in [0.3, 0.4) is 0 Å². The van der Waals surface area contributed by atoms with Crippen LogP contribution in [0.25, 0.3) is 0 Å². The molecule has 29 heavy (non-hydrogen) atoms. The van der Waals surface area contributed by atoms with Gasteiger partial charge in [-0.15, -0.1) is 0 Å². The number of anilines is 2. The van der Waals surface area contributed by atoms with Gasteiger partial charge in [0.1, 0.15) is 11.6 Å². The second-order valence-electron chi connectivity index (χ2n) is 7.52. The van der Waals surface area contributed by atoms with Crippen molar-refractivity contribution < 1.29 is 9.53 Å². The molecule has 2 fully saturated rings. The van der Waals surface area contributed by atoms with Crippen molar-refractivity contribution in [3.8, 4) is 5.75 Å². The standard InChI is InChI=1S/C22H29N5O2/c1-29-20-6-4-5-19(17-20)25-11-9-24(10-12-25)18-22(28)27-15-13-26(14-16-27)21-7-2-3-8-23-21/h2-8,17H,9-16,18H2,1H3. The minimum atomic E-state index is 0.237. The summed E-state index contributed by atoms with van der Waals surface area (Å²) in [5.41, 5.74) is 1.18. The third-order valence-electron chi connectivity index (χ3n) is 5.76. The molecule has 2 aromatic rings. The molecule has 0 atom stereocenters. The highest BCUT2D eigenvalue weighted by Crippen LogP contribution is 2.22. The lowest BCUT2D eigenvalue weighted by Crippen LogP contribution is -2.54. The van der Waals surface area contributed by atoms with Crippen molar-refractivity contribution in [3.05, 3.63) is 48.7 Å². The normalized spacial score (nSPS) is 18.0. The van der Waals surface area contributed by atoms with Crippen molar-refractivity contribution in [2.75, 3.05) is 75.8 Å². The Morgan fingerprint density at radius 1 is 0.931 bits per heavy atom. The third-order valence-corrected chi connectivity index (χ3v) is 5.76. The molecular weight excluding hydrogens is 366 g/mol. The number of carbonyl (C=O) groups is 1. The summed E-state index contributed by atoms with van der Waals surface area (Å²) in [5.74, 6) is 2.11. The number of amides is 1. The van der Waals surface area contributed by atoms with Gasteiger partial charge >= 0.3 is 0 Å². The van der Waals surface area contributed by atoms with E-state index < -0.39 is 0 Å². The van der Waals surface area contributed by atoms with Gasteiger partial charge in [0.2, 0.25) is 5.91 Å². The van der Waals surface area contributed by atoms with Crippen LogP contribution in [0.1, 0.15) is 0 Å². The molecule has 2 aliphatic rings. The third kappa shape index (κ3) is 4.79. The molecule has 0 N–H and O–H groups in total. The zero-order valence-electron chi connectivity index (χ0n) is 17.0. The fourth-order valence-electron chi connectivity index (χ4n) is 3.99. The number of benzene rings is 1. The van der Waals surface area contributed by atoms with Crippen molar-refractivity contribution in [1.29, 1.82) is 0 Å². The number of carbonyl (C=O) groups excluding carboxylic acids is 1. The largest absolute Gasteiger partial charge is 0.497 e. The van der Waals surface area contributed by atoms with E-state index in [0.717, 1.165) is 63.9 Å². The van der Waals surface area contributed by atoms with Crippen molar-refractivity contribution in [2.24, 2.45) is 0 Å². The van der Waals surface area contributed by atoms with Gasteiger partial charge in [-0.25, -0.2) is 4.98 Å².